The van der Waals surface area contributed by atoms with Crippen LogP contribution in [0.25, 0.3) is 0 Å². The number of carbonyl (C=O) groups is 3. The summed E-state index contributed by atoms with van der Waals surface area (Å²) in [6.45, 7) is 5.87. The molecule has 0 N–H and O–H groups in total. The molecule has 3 aliphatic heterocycles. The predicted octanol–water partition coefficient (Wildman–Crippen LogP) is 1.67. The fraction of sp³-hybridized carbons (Fsp3) is 0.550. The van der Waals surface area contributed by atoms with Crippen molar-refractivity contribution in [3.8, 4) is 0 Å². The number of nitrogens with zero attached hydrogens (tertiary/aromatic N) is 2. The molecule has 144 valence electrons. The van der Waals surface area contributed by atoms with E-state index in [1.165, 1.54) is 0 Å². The zero-order valence-electron chi connectivity index (χ0n) is 15.6. The largest absolute Gasteiger partial charge is 0.347 e. The minimum atomic E-state index is -0.808. The van der Waals surface area contributed by atoms with Gasteiger partial charge < -0.3 is 14.4 Å². The van der Waals surface area contributed by atoms with Crippen LogP contribution in [0.1, 0.15) is 47.4 Å². The molecule has 2 fully saturated rings. The summed E-state index contributed by atoms with van der Waals surface area (Å²) in [5.41, 5.74) is 0.734. The number of ether oxygens (including phenoxy) is 2. The molecule has 0 unspecified atom stereocenters. The zero-order valence-corrected chi connectivity index (χ0v) is 15.6. The summed E-state index contributed by atoms with van der Waals surface area (Å²) in [7, 11) is 0. The molecular weight excluding hydrogens is 348 g/mol. The number of rotatable bonds is 3. The van der Waals surface area contributed by atoms with Gasteiger partial charge in [0.15, 0.2) is 5.79 Å². The molecule has 2 saturated heterocycles. The molecule has 27 heavy (non-hydrogen) atoms. The first kappa shape index (κ1) is 18.1. The van der Waals surface area contributed by atoms with Gasteiger partial charge in [0, 0.05) is 25.9 Å². The van der Waals surface area contributed by atoms with Crippen LogP contribution in [0.5, 0.6) is 0 Å². The molecular formula is C20H24N2O5. The number of hydrogen-bond acceptors (Lipinski definition) is 5. The van der Waals surface area contributed by atoms with Crippen molar-refractivity contribution in [2.45, 2.75) is 38.5 Å². The summed E-state index contributed by atoms with van der Waals surface area (Å²) in [4.78, 5) is 41.8. The summed E-state index contributed by atoms with van der Waals surface area (Å²) >= 11 is 0. The minimum absolute atomic E-state index is 0.186. The van der Waals surface area contributed by atoms with Crippen molar-refractivity contribution in [2.75, 3.05) is 26.3 Å². The summed E-state index contributed by atoms with van der Waals surface area (Å²) in [5.74, 6) is -1.72. The number of amides is 3. The molecule has 1 spiro atoms. The number of piperidine rings is 1. The topological polar surface area (TPSA) is 76.2 Å². The first-order chi connectivity index (χ1) is 12.9. The van der Waals surface area contributed by atoms with Crippen LogP contribution in [0.3, 0.4) is 0 Å². The van der Waals surface area contributed by atoms with Crippen LogP contribution in [0, 0.1) is 5.92 Å². The van der Waals surface area contributed by atoms with Gasteiger partial charge in [0.2, 0.25) is 5.91 Å². The minimum Gasteiger partial charge on any atom is -0.347 e. The monoisotopic (exact) mass is 372 g/mol. The molecule has 1 aromatic carbocycles. The van der Waals surface area contributed by atoms with Gasteiger partial charge in [0.25, 0.3) is 11.8 Å². The zero-order chi connectivity index (χ0) is 19.2. The molecule has 3 heterocycles. The van der Waals surface area contributed by atoms with E-state index in [0.717, 1.165) is 4.90 Å². The maximum atomic E-state index is 13.3. The van der Waals surface area contributed by atoms with Crippen LogP contribution < -0.4 is 0 Å². The van der Waals surface area contributed by atoms with Crippen molar-refractivity contribution >= 4 is 17.7 Å². The highest BCUT2D eigenvalue weighted by atomic mass is 16.7. The molecule has 0 bridgehead atoms. The van der Waals surface area contributed by atoms with Gasteiger partial charge in [-0.2, -0.15) is 0 Å². The Balaban J connectivity index is 1.54. The number of benzene rings is 1. The van der Waals surface area contributed by atoms with Crippen LogP contribution in [0.4, 0.5) is 0 Å². The van der Waals surface area contributed by atoms with Crippen molar-refractivity contribution in [3.05, 3.63) is 35.4 Å². The Kier molecular flexibility index (Phi) is 4.52. The van der Waals surface area contributed by atoms with E-state index in [4.69, 9.17) is 9.47 Å². The van der Waals surface area contributed by atoms with E-state index < -0.39 is 23.6 Å². The van der Waals surface area contributed by atoms with E-state index in [1.807, 2.05) is 13.8 Å². The number of fused-ring (bicyclic) bond motifs is 1. The molecule has 3 amide bonds. The molecule has 3 aliphatic rings. The molecule has 7 heteroatoms. The standard InChI is InChI=1S/C20H24N2O5/c1-13(2)16(22-17(23)14-5-3-4-6-15(14)18(22)24)19(25)21-9-7-20(8-10-21)26-11-12-27-20/h3-6,13,16H,7-12H2,1-2H3/t16-/m1/s1. The third kappa shape index (κ3) is 2.95. The fourth-order valence-electron chi connectivity index (χ4n) is 4.19. The second kappa shape index (κ2) is 6.73. The van der Waals surface area contributed by atoms with E-state index in [-0.39, 0.29) is 11.8 Å². The van der Waals surface area contributed by atoms with E-state index in [2.05, 4.69) is 0 Å². The average molecular weight is 372 g/mol. The lowest BCUT2D eigenvalue weighted by molar-refractivity contribution is -0.188. The van der Waals surface area contributed by atoms with Crippen LogP contribution in [-0.2, 0) is 14.3 Å². The van der Waals surface area contributed by atoms with Gasteiger partial charge >= 0.3 is 0 Å². The maximum absolute atomic E-state index is 13.3. The molecule has 0 radical (unpaired) electrons. The summed E-state index contributed by atoms with van der Waals surface area (Å²) in [6, 6.07) is 5.92. The van der Waals surface area contributed by atoms with Crippen LogP contribution in [0.2, 0.25) is 0 Å². The van der Waals surface area contributed by atoms with Gasteiger partial charge in [-0.15, -0.1) is 0 Å². The smallest absolute Gasteiger partial charge is 0.262 e. The van der Waals surface area contributed by atoms with Gasteiger partial charge in [-0.25, -0.2) is 0 Å². The van der Waals surface area contributed by atoms with Gasteiger partial charge in [0.05, 0.1) is 24.3 Å². The lowest BCUT2D eigenvalue weighted by Crippen LogP contribution is -2.56. The van der Waals surface area contributed by atoms with Crippen molar-refractivity contribution in [1.82, 2.24) is 9.80 Å². The Morgan fingerprint density at radius 3 is 2.00 bits per heavy atom. The lowest BCUT2D eigenvalue weighted by Gasteiger charge is -2.40. The number of likely N-dealkylation sites (tertiary alicyclic amines) is 1. The van der Waals surface area contributed by atoms with Crippen molar-refractivity contribution in [2.24, 2.45) is 5.92 Å². The molecule has 0 saturated carbocycles. The average Bonchev–Trinajstić information content (AvgIpc) is 3.21. The fourth-order valence-corrected chi connectivity index (χ4v) is 4.19. The van der Waals surface area contributed by atoms with Crippen molar-refractivity contribution < 1.29 is 23.9 Å². The summed E-state index contributed by atoms with van der Waals surface area (Å²) in [6.07, 6.45) is 1.21. The second-order valence-corrected chi connectivity index (χ2v) is 7.65. The predicted molar refractivity (Wildman–Crippen MR) is 96.0 cm³/mol. The van der Waals surface area contributed by atoms with Crippen LogP contribution in [-0.4, -0.2) is 65.7 Å². The van der Waals surface area contributed by atoms with Gasteiger partial charge in [-0.05, 0) is 18.1 Å². The quantitative estimate of drug-likeness (QED) is 0.755. The highest BCUT2D eigenvalue weighted by Gasteiger charge is 2.47. The summed E-state index contributed by atoms with van der Waals surface area (Å²) < 4.78 is 11.4. The SMILES string of the molecule is CC(C)[C@H](C(=O)N1CCC2(CC1)OCCO2)N1C(=O)c2ccccc2C1=O. The van der Waals surface area contributed by atoms with Gasteiger partial charge in [0.1, 0.15) is 6.04 Å². The molecule has 1 atom stereocenters. The number of hydrogen-bond donors (Lipinski definition) is 0. The first-order valence-corrected chi connectivity index (χ1v) is 9.47. The molecule has 0 aliphatic carbocycles. The Labute approximate surface area is 158 Å². The Bertz CT molecular complexity index is 739. The third-order valence-electron chi connectivity index (χ3n) is 5.64. The number of imide groups is 1. The van der Waals surface area contributed by atoms with E-state index >= 15 is 0 Å². The Morgan fingerprint density at radius 1 is 1.00 bits per heavy atom. The number of carbonyl (C=O) groups excluding carboxylic acids is 3. The molecule has 1 aromatic rings. The Hall–Kier alpha value is -2.25. The van der Waals surface area contributed by atoms with Crippen LogP contribution in [0.15, 0.2) is 24.3 Å². The van der Waals surface area contributed by atoms with Gasteiger partial charge in [-0.1, -0.05) is 26.0 Å². The van der Waals surface area contributed by atoms with Gasteiger partial charge in [-0.3, -0.25) is 19.3 Å². The van der Waals surface area contributed by atoms with E-state index in [0.29, 0.717) is 50.3 Å². The summed E-state index contributed by atoms with van der Waals surface area (Å²) in [5, 5.41) is 0. The van der Waals surface area contributed by atoms with E-state index in [1.54, 1.807) is 29.2 Å². The van der Waals surface area contributed by atoms with E-state index in [9.17, 15) is 14.4 Å². The Morgan fingerprint density at radius 2 is 1.52 bits per heavy atom. The molecule has 4 rings (SSSR count). The normalized spacial score (nSPS) is 22.6. The third-order valence-corrected chi connectivity index (χ3v) is 5.64. The maximum Gasteiger partial charge on any atom is 0.262 e. The molecule has 7 nitrogen and oxygen atoms in total. The lowest BCUT2D eigenvalue weighted by atomic mass is 9.97. The highest BCUT2D eigenvalue weighted by molar-refractivity contribution is 6.22. The second-order valence-electron chi connectivity index (χ2n) is 7.65. The van der Waals surface area contributed by atoms with Crippen molar-refractivity contribution in [1.29, 1.82) is 0 Å². The van der Waals surface area contributed by atoms with Crippen LogP contribution >= 0.6 is 0 Å². The molecule has 0 aromatic heterocycles. The first-order valence-electron chi connectivity index (χ1n) is 9.47. The highest BCUT2D eigenvalue weighted by Crippen LogP contribution is 2.33. The van der Waals surface area contributed by atoms with Crippen molar-refractivity contribution in [3.63, 3.8) is 0 Å².